The summed E-state index contributed by atoms with van der Waals surface area (Å²) < 4.78 is 5.70. The largest absolute Gasteiger partial charge is 0.458 e. The fourth-order valence-corrected chi connectivity index (χ4v) is 2.63. The average Bonchev–Trinajstić information content (AvgIpc) is 2.86. The number of hydrogen-bond acceptors (Lipinski definition) is 2. The summed E-state index contributed by atoms with van der Waals surface area (Å²) in [5.41, 5.74) is 4.33. The van der Waals surface area contributed by atoms with Crippen LogP contribution in [-0.2, 0) is 6.42 Å². The molecule has 1 aromatic heterocycles. The van der Waals surface area contributed by atoms with Crippen molar-refractivity contribution in [1.82, 2.24) is 0 Å². The summed E-state index contributed by atoms with van der Waals surface area (Å²) in [7, 11) is 0. The van der Waals surface area contributed by atoms with Gasteiger partial charge in [-0.2, -0.15) is 0 Å². The molecule has 0 amide bonds. The Bertz CT molecular complexity index is 789. The number of halogens is 1. The van der Waals surface area contributed by atoms with Crippen LogP contribution in [0.2, 0.25) is 5.02 Å². The van der Waals surface area contributed by atoms with Crippen molar-refractivity contribution in [3.63, 3.8) is 0 Å². The van der Waals surface area contributed by atoms with Crippen LogP contribution < -0.4 is 0 Å². The lowest BCUT2D eigenvalue weighted by Crippen LogP contribution is -2.01. The lowest BCUT2D eigenvalue weighted by atomic mass is 10.0. The van der Waals surface area contributed by atoms with Gasteiger partial charge in [0.05, 0.1) is 0 Å². The fourth-order valence-electron chi connectivity index (χ4n) is 2.45. The zero-order chi connectivity index (χ0) is 15.0. The minimum atomic E-state index is -0.654. The van der Waals surface area contributed by atoms with Crippen LogP contribution in [0.3, 0.4) is 0 Å². The zero-order valence-electron chi connectivity index (χ0n) is 12.1. The van der Waals surface area contributed by atoms with Gasteiger partial charge in [-0.1, -0.05) is 29.8 Å². The van der Waals surface area contributed by atoms with Crippen LogP contribution in [0.15, 0.2) is 46.9 Å². The molecule has 2 aromatic carbocycles. The molecule has 0 saturated carbocycles. The van der Waals surface area contributed by atoms with Gasteiger partial charge in [-0.05, 0) is 54.8 Å². The van der Waals surface area contributed by atoms with E-state index in [1.807, 2.05) is 24.3 Å². The molecule has 1 atom stereocenters. The highest BCUT2D eigenvalue weighted by Gasteiger charge is 2.14. The van der Waals surface area contributed by atoms with Crippen LogP contribution in [0, 0.1) is 13.8 Å². The molecule has 0 aliphatic carbocycles. The molecule has 108 valence electrons. The normalized spacial score (nSPS) is 12.8. The van der Waals surface area contributed by atoms with Crippen molar-refractivity contribution in [2.45, 2.75) is 26.4 Å². The number of fused-ring (bicyclic) bond motifs is 1. The van der Waals surface area contributed by atoms with Crippen molar-refractivity contribution in [3.8, 4) is 0 Å². The van der Waals surface area contributed by atoms with E-state index in [0.29, 0.717) is 17.2 Å². The van der Waals surface area contributed by atoms with Gasteiger partial charge in [0.15, 0.2) is 0 Å². The molecule has 1 N–H and O–H groups in total. The van der Waals surface area contributed by atoms with Gasteiger partial charge in [0.1, 0.15) is 17.4 Å². The maximum atomic E-state index is 10.4. The van der Waals surface area contributed by atoms with Crippen LogP contribution in [-0.4, -0.2) is 5.11 Å². The van der Waals surface area contributed by atoms with Crippen LogP contribution in [0.1, 0.15) is 28.6 Å². The molecule has 3 rings (SSSR count). The van der Waals surface area contributed by atoms with Gasteiger partial charge in [0.25, 0.3) is 0 Å². The molecule has 3 aromatic rings. The van der Waals surface area contributed by atoms with Gasteiger partial charge in [0.2, 0.25) is 0 Å². The quantitative estimate of drug-likeness (QED) is 0.740. The van der Waals surface area contributed by atoms with Crippen LogP contribution >= 0.6 is 11.6 Å². The highest BCUT2D eigenvalue weighted by Crippen LogP contribution is 2.28. The topological polar surface area (TPSA) is 33.4 Å². The first-order valence-electron chi connectivity index (χ1n) is 6.96. The predicted octanol–water partition coefficient (Wildman–Crippen LogP) is 4.98. The molecule has 21 heavy (non-hydrogen) atoms. The summed E-state index contributed by atoms with van der Waals surface area (Å²) in [6.07, 6.45) is -0.118. The van der Waals surface area contributed by atoms with Gasteiger partial charge in [-0.15, -0.1) is 0 Å². The van der Waals surface area contributed by atoms with Crippen LogP contribution in [0.4, 0.5) is 0 Å². The van der Waals surface area contributed by atoms with Crippen molar-refractivity contribution in [1.29, 1.82) is 0 Å². The number of hydrogen-bond donors (Lipinski definition) is 1. The van der Waals surface area contributed by atoms with E-state index in [1.165, 1.54) is 11.1 Å². The summed E-state index contributed by atoms with van der Waals surface area (Å²) in [6, 6.07) is 13.5. The van der Waals surface area contributed by atoms with Crippen LogP contribution in [0.5, 0.6) is 0 Å². The second kappa shape index (κ2) is 5.55. The van der Waals surface area contributed by atoms with Gasteiger partial charge < -0.3 is 9.52 Å². The van der Waals surface area contributed by atoms with Crippen molar-refractivity contribution in [2.24, 2.45) is 0 Å². The molecule has 1 unspecified atom stereocenters. The fraction of sp³-hybridized carbons (Fsp3) is 0.222. The van der Waals surface area contributed by atoms with Crippen molar-refractivity contribution < 1.29 is 9.52 Å². The number of aliphatic hydroxyl groups excluding tert-OH is 1. The maximum absolute atomic E-state index is 10.4. The smallest absolute Gasteiger partial charge is 0.134 e. The average molecular weight is 301 g/mol. The Labute approximate surface area is 129 Å². The number of benzene rings is 2. The minimum absolute atomic E-state index is 0.536. The molecule has 0 fully saturated rings. The van der Waals surface area contributed by atoms with E-state index in [-0.39, 0.29) is 0 Å². The Morgan fingerprint density at radius 3 is 2.62 bits per heavy atom. The van der Waals surface area contributed by atoms with Crippen molar-refractivity contribution >= 4 is 22.6 Å². The Hall–Kier alpha value is -1.77. The third kappa shape index (κ3) is 2.97. The molecular weight excluding hydrogens is 284 g/mol. The van der Waals surface area contributed by atoms with Gasteiger partial charge in [0, 0.05) is 16.8 Å². The van der Waals surface area contributed by atoms with Gasteiger partial charge in [-0.3, -0.25) is 0 Å². The van der Waals surface area contributed by atoms with Crippen molar-refractivity contribution in [2.75, 3.05) is 0 Å². The molecule has 1 heterocycles. The molecule has 3 heteroatoms. The van der Waals surface area contributed by atoms with E-state index in [2.05, 4.69) is 26.0 Å². The Morgan fingerprint density at radius 1 is 1.05 bits per heavy atom. The molecule has 2 nitrogen and oxygen atoms in total. The first-order valence-corrected chi connectivity index (χ1v) is 7.34. The highest BCUT2D eigenvalue weighted by molar-refractivity contribution is 6.31. The minimum Gasteiger partial charge on any atom is -0.458 e. The molecular formula is C18H17ClO2. The summed E-state index contributed by atoms with van der Waals surface area (Å²) in [5.74, 6) is 0.575. The maximum Gasteiger partial charge on any atom is 0.134 e. The Kier molecular flexibility index (Phi) is 3.75. The van der Waals surface area contributed by atoms with E-state index in [1.54, 1.807) is 6.07 Å². The molecule has 0 radical (unpaired) electrons. The zero-order valence-corrected chi connectivity index (χ0v) is 12.8. The standard InChI is InChI=1S/C18H17ClO2/c1-11-3-4-13(7-12(11)2)8-16(20)18-10-14-9-15(19)5-6-17(14)21-18/h3-7,9-10,16,20H,8H2,1-2H3. The third-order valence-electron chi connectivity index (χ3n) is 3.83. The van der Waals surface area contributed by atoms with E-state index >= 15 is 0 Å². The summed E-state index contributed by atoms with van der Waals surface area (Å²) in [5, 5.41) is 12.0. The van der Waals surface area contributed by atoms with E-state index < -0.39 is 6.10 Å². The molecule has 0 aliphatic heterocycles. The second-order valence-electron chi connectivity index (χ2n) is 5.47. The first-order chi connectivity index (χ1) is 10.0. The van der Waals surface area contributed by atoms with Crippen molar-refractivity contribution in [3.05, 3.63) is 69.9 Å². The molecule has 0 aliphatic rings. The van der Waals surface area contributed by atoms with E-state index in [9.17, 15) is 5.11 Å². The second-order valence-corrected chi connectivity index (χ2v) is 5.91. The predicted molar refractivity (Wildman–Crippen MR) is 85.8 cm³/mol. The van der Waals surface area contributed by atoms with Gasteiger partial charge in [-0.25, -0.2) is 0 Å². The number of rotatable bonds is 3. The number of aryl methyl sites for hydroxylation is 2. The lowest BCUT2D eigenvalue weighted by molar-refractivity contribution is 0.152. The number of aliphatic hydroxyl groups is 1. The SMILES string of the molecule is Cc1ccc(CC(O)c2cc3cc(Cl)ccc3o2)cc1C. The summed E-state index contributed by atoms with van der Waals surface area (Å²) in [4.78, 5) is 0. The number of furan rings is 1. The van der Waals surface area contributed by atoms with E-state index in [4.69, 9.17) is 16.0 Å². The van der Waals surface area contributed by atoms with Gasteiger partial charge >= 0.3 is 0 Å². The highest BCUT2D eigenvalue weighted by atomic mass is 35.5. The van der Waals surface area contributed by atoms with Crippen LogP contribution in [0.25, 0.3) is 11.0 Å². The monoisotopic (exact) mass is 300 g/mol. The summed E-state index contributed by atoms with van der Waals surface area (Å²) in [6.45, 7) is 4.16. The first kappa shape index (κ1) is 14.2. The molecule has 0 saturated heterocycles. The summed E-state index contributed by atoms with van der Waals surface area (Å²) >= 11 is 5.97. The Morgan fingerprint density at radius 2 is 1.86 bits per heavy atom. The Balaban J connectivity index is 1.85. The lowest BCUT2D eigenvalue weighted by Gasteiger charge is -2.09. The van der Waals surface area contributed by atoms with E-state index in [0.717, 1.165) is 16.5 Å². The molecule has 0 spiro atoms. The third-order valence-corrected chi connectivity index (χ3v) is 4.06. The molecule has 0 bridgehead atoms.